The summed E-state index contributed by atoms with van der Waals surface area (Å²) in [4.78, 5) is 14.3. The number of rotatable bonds is 8. The van der Waals surface area contributed by atoms with Crippen molar-refractivity contribution in [3.63, 3.8) is 0 Å². The maximum atomic E-state index is 13.0. The molecule has 0 aromatic heterocycles. The summed E-state index contributed by atoms with van der Waals surface area (Å²) in [6, 6.07) is 11.0. The van der Waals surface area contributed by atoms with Gasteiger partial charge in [0.2, 0.25) is 5.91 Å². The second-order valence-electron chi connectivity index (χ2n) is 6.44. The van der Waals surface area contributed by atoms with Crippen LogP contribution in [0.1, 0.15) is 31.4 Å². The number of carbonyl (C=O) groups excluding carboxylic acids is 1. The molecule has 0 aliphatic heterocycles. The Labute approximate surface area is 163 Å². The molecule has 0 atom stereocenters. The fraction of sp³-hybridized carbons (Fsp3) is 0.381. The quantitative estimate of drug-likeness (QED) is 0.640. The van der Waals surface area contributed by atoms with Crippen molar-refractivity contribution in [2.45, 2.75) is 33.4 Å². The first-order valence-electron chi connectivity index (χ1n) is 9.31. The Hall–Kier alpha value is -2.70. The monoisotopic (exact) mass is 393 g/mol. The summed E-state index contributed by atoms with van der Waals surface area (Å²) < 4.78 is 39.0. The molecule has 152 valence electrons. The molecular weight excluding hydrogens is 367 g/mol. The van der Waals surface area contributed by atoms with E-state index >= 15 is 0 Å². The highest BCUT2D eigenvalue weighted by atomic mass is 19.4. The van der Waals surface area contributed by atoms with Gasteiger partial charge in [-0.3, -0.25) is 4.79 Å². The maximum absolute atomic E-state index is 13.0. The molecule has 0 aliphatic carbocycles. The van der Waals surface area contributed by atoms with Crippen LogP contribution < -0.4 is 15.5 Å². The van der Waals surface area contributed by atoms with Crippen molar-refractivity contribution >= 4 is 23.0 Å². The zero-order valence-corrected chi connectivity index (χ0v) is 16.4. The second kappa shape index (κ2) is 9.48. The number of nitrogens with one attached hydrogen (secondary N) is 2. The smallest absolute Gasteiger partial charge is 0.384 e. The molecule has 0 radical (unpaired) electrons. The molecule has 0 heterocycles. The maximum Gasteiger partial charge on any atom is 0.418 e. The van der Waals surface area contributed by atoms with E-state index in [1.807, 2.05) is 19.1 Å². The van der Waals surface area contributed by atoms with Gasteiger partial charge in [0.25, 0.3) is 0 Å². The third-order valence-electron chi connectivity index (χ3n) is 4.51. The third-order valence-corrected chi connectivity index (χ3v) is 4.51. The molecule has 2 N–H and O–H groups in total. The standard InChI is InChI=1S/C21H26F3N3O/c1-4-27(5-2)16-10-11-18(15(3)14-16)25-13-12-20(28)26-19-9-7-6-8-17(19)21(22,23)24/h6-11,14,25H,4-5,12-13H2,1-3H3,(H,26,28). The minimum absolute atomic E-state index is 0.0590. The average Bonchev–Trinajstić information content (AvgIpc) is 2.64. The fourth-order valence-corrected chi connectivity index (χ4v) is 2.99. The van der Waals surface area contributed by atoms with Crippen molar-refractivity contribution in [3.05, 3.63) is 53.6 Å². The summed E-state index contributed by atoms with van der Waals surface area (Å²) >= 11 is 0. The average molecular weight is 393 g/mol. The summed E-state index contributed by atoms with van der Waals surface area (Å²) in [7, 11) is 0. The number of amides is 1. The summed E-state index contributed by atoms with van der Waals surface area (Å²) in [5.41, 5.74) is 2.01. The Morgan fingerprint density at radius 1 is 1.04 bits per heavy atom. The van der Waals surface area contributed by atoms with Crippen LogP contribution in [0.2, 0.25) is 0 Å². The number of nitrogens with zero attached hydrogens (tertiary/aromatic N) is 1. The molecule has 0 saturated carbocycles. The van der Waals surface area contributed by atoms with Crippen LogP contribution in [-0.4, -0.2) is 25.5 Å². The lowest BCUT2D eigenvalue weighted by atomic mass is 10.1. The van der Waals surface area contributed by atoms with Crippen LogP contribution in [0.25, 0.3) is 0 Å². The van der Waals surface area contributed by atoms with E-state index in [0.29, 0.717) is 6.54 Å². The van der Waals surface area contributed by atoms with Gasteiger partial charge in [0.1, 0.15) is 0 Å². The molecular formula is C21H26F3N3O. The summed E-state index contributed by atoms with van der Waals surface area (Å²) in [6.45, 7) is 8.34. The molecule has 0 saturated heterocycles. The first-order valence-corrected chi connectivity index (χ1v) is 9.31. The Morgan fingerprint density at radius 3 is 2.32 bits per heavy atom. The van der Waals surface area contributed by atoms with Crippen molar-refractivity contribution in [3.8, 4) is 0 Å². The van der Waals surface area contributed by atoms with Crippen LogP contribution in [0.15, 0.2) is 42.5 Å². The molecule has 4 nitrogen and oxygen atoms in total. The van der Waals surface area contributed by atoms with Gasteiger partial charge in [-0.15, -0.1) is 0 Å². The van der Waals surface area contributed by atoms with Crippen LogP contribution in [0.3, 0.4) is 0 Å². The number of aryl methyl sites for hydroxylation is 1. The number of carbonyl (C=O) groups is 1. The molecule has 0 fully saturated rings. The lowest BCUT2D eigenvalue weighted by molar-refractivity contribution is -0.137. The first kappa shape index (κ1) is 21.6. The largest absolute Gasteiger partial charge is 0.418 e. The van der Waals surface area contributed by atoms with Crippen LogP contribution in [0.4, 0.5) is 30.2 Å². The molecule has 28 heavy (non-hydrogen) atoms. The summed E-state index contributed by atoms with van der Waals surface area (Å²) in [5.74, 6) is -0.471. The van der Waals surface area contributed by atoms with Crippen molar-refractivity contribution in [1.82, 2.24) is 0 Å². The van der Waals surface area contributed by atoms with E-state index in [1.165, 1.54) is 18.2 Å². The van der Waals surface area contributed by atoms with E-state index < -0.39 is 17.6 Å². The summed E-state index contributed by atoms with van der Waals surface area (Å²) in [6.07, 6.45) is -4.45. The van der Waals surface area contributed by atoms with Crippen LogP contribution in [-0.2, 0) is 11.0 Å². The Kier molecular flexibility index (Phi) is 7.31. The lowest BCUT2D eigenvalue weighted by Gasteiger charge is -2.22. The zero-order chi connectivity index (χ0) is 20.7. The number of alkyl halides is 3. The zero-order valence-electron chi connectivity index (χ0n) is 16.4. The molecule has 0 bridgehead atoms. The molecule has 0 aliphatic rings. The minimum atomic E-state index is -4.51. The number of benzene rings is 2. The summed E-state index contributed by atoms with van der Waals surface area (Å²) in [5, 5.41) is 5.53. The predicted molar refractivity (Wildman–Crippen MR) is 108 cm³/mol. The lowest BCUT2D eigenvalue weighted by Crippen LogP contribution is -2.22. The highest BCUT2D eigenvalue weighted by Gasteiger charge is 2.33. The van der Waals surface area contributed by atoms with Gasteiger partial charge in [0.05, 0.1) is 11.3 Å². The van der Waals surface area contributed by atoms with Crippen LogP contribution in [0.5, 0.6) is 0 Å². The van der Waals surface area contributed by atoms with Crippen molar-refractivity contribution in [2.75, 3.05) is 35.2 Å². The fourth-order valence-electron chi connectivity index (χ4n) is 2.99. The van der Waals surface area contributed by atoms with E-state index in [4.69, 9.17) is 0 Å². The van der Waals surface area contributed by atoms with Gasteiger partial charge in [0, 0.05) is 37.4 Å². The topological polar surface area (TPSA) is 44.4 Å². The van der Waals surface area contributed by atoms with Crippen LogP contribution in [0, 0.1) is 6.92 Å². The van der Waals surface area contributed by atoms with Crippen molar-refractivity contribution in [2.24, 2.45) is 0 Å². The third kappa shape index (κ3) is 5.65. The number of anilines is 3. The first-order chi connectivity index (χ1) is 13.3. The van der Waals surface area contributed by atoms with Crippen molar-refractivity contribution in [1.29, 1.82) is 0 Å². The van der Waals surface area contributed by atoms with E-state index in [9.17, 15) is 18.0 Å². The normalized spacial score (nSPS) is 11.2. The Morgan fingerprint density at radius 2 is 1.71 bits per heavy atom. The van der Waals surface area contributed by atoms with Gasteiger partial charge in [-0.2, -0.15) is 13.2 Å². The van der Waals surface area contributed by atoms with Gasteiger partial charge in [-0.25, -0.2) is 0 Å². The molecule has 1 amide bonds. The number of para-hydroxylation sites is 1. The molecule has 0 spiro atoms. The number of hydrogen-bond donors (Lipinski definition) is 2. The van der Waals surface area contributed by atoms with Gasteiger partial charge in [-0.1, -0.05) is 12.1 Å². The SMILES string of the molecule is CCN(CC)c1ccc(NCCC(=O)Nc2ccccc2C(F)(F)F)c(C)c1. The number of halogens is 3. The van der Waals surface area contributed by atoms with Crippen LogP contribution >= 0.6 is 0 Å². The van der Waals surface area contributed by atoms with Gasteiger partial charge >= 0.3 is 6.18 Å². The van der Waals surface area contributed by atoms with E-state index in [-0.39, 0.29) is 12.1 Å². The van der Waals surface area contributed by atoms with E-state index in [2.05, 4.69) is 35.4 Å². The van der Waals surface area contributed by atoms with E-state index in [0.717, 1.165) is 36.1 Å². The van der Waals surface area contributed by atoms with Gasteiger partial charge in [-0.05, 0) is 56.7 Å². The highest BCUT2D eigenvalue weighted by Crippen LogP contribution is 2.34. The molecule has 2 aromatic carbocycles. The highest BCUT2D eigenvalue weighted by molar-refractivity contribution is 5.91. The molecule has 2 aromatic rings. The number of hydrogen-bond acceptors (Lipinski definition) is 3. The van der Waals surface area contributed by atoms with Gasteiger partial charge in [0.15, 0.2) is 0 Å². The molecule has 0 unspecified atom stereocenters. The minimum Gasteiger partial charge on any atom is -0.384 e. The van der Waals surface area contributed by atoms with E-state index in [1.54, 1.807) is 0 Å². The van der Waals surface area contributed by atoms with Crippen molar-refractivity contribution < 1.29 is 18.0 Å². The Bertz CT molecular complexity index is 802. The second-order valence-corrected chi connectivity index (χ2v) is 6.44. The molecule has 7 heteroatoms. The Balaban J connectivity index is 1.93. The van der Waals surface area contributed by atoms with Gasteiger partial charge < -0.3 is 15.5 Å². The predicted octanol–water partition coefficient (Wildman–Crippen LogP) is 5.30. The molecule has 2 rings (SSSR count).